The third-order valence-corrected chi connectivity index (χ3v) is 2.78. The minimum absolute atomic E-state index is 0.256. The van der Waals surface area contributed by atoms with Gasteiger partial charge in [0.15, 0.2) is 0 Å². The van der Waals surface area contributed by atoms with Crippen molar-refractivity contribution in [2.75, 3.05) is 6.54 Å². The summed E-state index contributed by atoms with van der Waals surface area (Å²) in [5.41, 5.74) is 7.71. The smallest absolute Gasteiger partial charge is 0.124 e. The summed E-state index contributed by atoms with van der Waals surface area (Å²) in [5, 5.41) is 0. The summed E-state index contributed by atoms with van der Waals surface area (Å²) in [7, 11) is 0. The fraction of sp³-hybridized carbons (Fsp3) is 0.176. The van der Waals surface area contributed by atoms with Gasteiger partial charge in [0.2, 0.25) is 0 Å². The number of hydrogen-bond donors (Lipinski definition) is 1. The number of ether oxygens (including phenoxy) is 1. The lowest BCUT2D eigenvalue weighted by Gasteiger charge is -2.09. The van der Waals surface area contributed by atoms with Crippen molar-refractivity contribution in [2.45, 2.75) is 13.5 Å². The van der Waals surface area contributed by atoms with Crippen LogP contribution in [0.3, 0.4) is 0 Å². The maximum atomic E-state index is 13.5. The number of rotatable bonds is 3. The minimum atomic E-state index is -0.322. The number of aryl methyl sites for hydroxylation is 1. The van der Waals surface area contributed by atoms with Crippen LogP contribution in [0.1, 0.15) is 16.7 Å². The van der Waals surface area contributed by atoms with Gasteiger partial charge in [0.05, 0.1) is 6.54 Å². The normalized spacial score (nSPS) is 9.75. The zero-order valence-corrected chi connectivity index (χ0v) is 11.3. The van der Waals surface area contributed by atoms with Gasteiger partial charge in [-0.1, -0.05) is 30.0 Å². The van der Waals surface area contributed by atoms with Crippen LogP contribution in [0, 0.1) is 24.6 Å². The first kappa shape index (κ1) is 14.1. The van der Waals surface area contributed by atoms with E-state index in [0.717, 1.165) is 16.9 Å². The van der Waals surface area contributed by atoms with Crippen LogP contribution in [-0.4, -0.2) is 6.54 Å². The largest absolute Gasteiger partial charge is 0.489 e. The molecule has 0 aliphatic heterocycles. The predicted octanol–water partition coefficient (Wildman–Crippen LogP) is 3.02. The number of hydrogen-bond acceptors (Lipinski definition) is 2. The highest BCUT2D eigenvalue weighted by Gasteiger charge is 2.02. The molecule has 0 saturated carbocycles. The van der Waals surface area contributed by atoms with Gasteiger partial charge >= 0.3 is 0 Å². The molecule has 2 aromatic rings. The standard InChI is InChI=1S/C17H16FNO/c1-13-5-2-3-7-17(13)20-12-15-9-14(6-4-8-19)10-16(18)11-15/h2-3,5,7,9-11H,8,12,19H2,1H3. The van der Waals surface area contributed by atoms with Gasteiger partial charge in [-0.05, 0) is 42.3 Å². The van der Waals surface area contributed by atoms with Crippen molar-refractivity contribution in [3.8, 4) is 17.6 Å². The van der Waals surface area contributed by atoms with Gasteiger partial charge in [-0.2, -0.15) is 0 Å². The van der Waals surface area contributed by atoms with E-state index in [9.17, 15) is 4.39 Å². The molecule has 2 N–H and O–H groups in total. The van der Waals surface area contributed by atoms with Gasteiger partial charge in [0.1, 0.15) is 18.2 Å². The summed E-state index contributed by atoms with van der Waals surface area (Å²) in [6.07, 6.45) is 0. The van der Waals surface area contributed by atoms with E-state index >= 15 is 0 Å². The molecule has 0 spiro atoms. The molecule has 0 saturated heterocycles. The highest BCUT2D eigenvalue weighted by atomic mass is 19.1. The van der Waals surface area contributed by atoms with Crippen LogP contribution in [0.15, 0.2) is 42.5 Å². The molecular formula is C17H16FNO. The van der Waals surface area contributed by atoms with Gasteiger partial charge in [0.25, 0.3) is 0 Å². The van der Waals surface area contributed by atoms with Crippen molar-refractivity contribution in [2.24, 2.45) is 5.73 Å². The molecular weight excluding hydrogens is 253 g/mol. The van der Waals surface area contributed by atoms with Crippen molar-refractivity contribution >= 4 is 0 Å². The number of para-hydroxylation sites is 1. The van der Waals surface area contributed by atoms with E-state index in [2.05, 4.69) is 11.8 Å². The van der Waals surface area contributed by atoms with E-state index < -0.39 is 0 Å². The molecule has 0 unspecified atom stereocenters. The number of halogens is 1. The summed E-state index contributed by atoms with van der Waals surface area (Å²) in [6, 6.07) is 12.4. The summed E-state index contributed by atoms with van der Waals surface area (Å²) < 4.78 is 19.2. The van der Waals surface area contributed by atoms with Gasteiger partial charge in [0, 0.05) is 5.56 Å². The fourth-order valence-corrected chi connectivity index (χ4v) is 1.84. The molecule has 0 fully saturated rings. The third-order valence-electron chi connectivity index (χ3n) is 2.78. The second kappa shape index (κ2) is 6.74. The monoisotopic (exact) mass is 269 g/mol. The molecule has 3 heteroatoms. The zero-order valence-electron chi connectivity index (χ0n) is 11.3. The fourth-order valence-electron chi connectivity index (χ4n) is 1.84. The molecule has 0 atom stereocenters. The Labute approximate surface area is 118 Å². The molecule has 0 aliphatic carbocycles. The SMILES string of the molecule is Cc1ccccc1OCc1cc(F)cc(C#CCN)c1. The Balaban J connectivity index is 2.13. The lowest BCUT2D eigenvalue weighted by atomic mass is 10.1. The topological polar surface area (TPSA) is 35.2 Å². The van der Waals surface area contributed by atoms with Gasteiger partial charge in [-0.25, -0.2) is 4.39 Å². The first-order valence-electron chi connectivity index (χ1n) is 6.36. The van der Waals surface area contributed by atoms with Crippen LogP contribution in [-0.2, 0) is 6.61 Å². The molecule has 0 aliphatic rings. The van der Waals surface area contributed by atoms with Gasteiger partial charge < -0.3 is 10.5 Å². The zero-order chi connectivity index (χ0) is 14.4. The average molecular weight is 269 g/mol. The maximum absolute atomic E-state index is 13.5. The Morgan fingerprint density at radius 1 is 1.20 bits per heavy atom. The quantitative estimate of drug-likeness (QED) is 0.869. The van der Waals surface area contributed by atoms with Crippen LogP contribution in [0.5, 0.6) is 5.75 Å². The minimum Gasteiger partial charge on any atom is -0.489 e. The van der Waals surface area contributed by atoms with Gasteiger partial charge in [-0.15, -0.1) is 0 Å². The van der Waals surface area contributed by atoms with E-state index in [-0.39, 0.29) is 12.4 Å². The van der Waals surface area contributed by atoms with Crippen molar-refractivity contribution in [3.05, 3.63) is 65.0 Å². The Morgan fingerprint density at radius 3 is 2.75 bits per heavy atom. The van der Waals surface area contributed by atoms with Crippen LogP contribution < -0.4 is 10.5 Å². The van der Waals surface area contributed by atoms with E-state index in [1.54, 1.807) is 0 Å². The molecule has 0 amide bonds. The lowest BCUT2D eigenvalue weighted by Crippen LogP contribution is -1.98. The van der Waals surface area contributed by atoms with Crippen molar-refractivity contribution in [1.29, 1.82) is 0 Å². The average Bonchev–Trinajstić information content (AvgIpc) is 2.44. The Kier molecular flexibility index (Phi) is 4.75. The maximum Gasteiger partial charge on any atom is 0.124 e. The lowest BCUT2D eigenvalue weighted by molar-refractivity contribution is 0.303. The molecule has 0 radical (unpaired) electrons. The summed E-state index contributed by atoms with van der Waals surface area (Å²) in [4.78, 5) is 0. The highest BCUT2D eigenvalue weighted by molar-refractivity contribution is 5.38. The summed E-state index contributed by atoms with van der Waals surface area (Å²) in [6.45, 7) is 2.53. The van der Waals surface area contributed by atoms with Crippen LogP contribution in [0.4, 0.5) is 4.39 Å². The van der Waals surface area contributed by atoms with E-state index in [4.69, 9.17) is 10.5 Å². The number of benzene rings is 2. The molecule has 2 aromatic carbocycles. The van der Waals surface area contributed by atoms with Gasteiger partial charge in [-0.3, -0.25) is 0 Å². The molecule has 2 rings (SSSR count). The molecule has 0 bridgehead atoms. The first-order chi connectivity index (χ1) is 9.69. The summed E-state index contributed by atoms with van der Waals surface area (Å²) in [5.74, 6) is 6.01. The Morgan fingerprint density at radius 2 is 2.00 bits per heavy atom. The summed E-state index contributed by atoms with van der Waals surface area (Å²) >= 11 is 0. The second-order valence-corrected chi connectivity index (χ2v) is 4.41. The molecule has 20 heavy (non-hydrogen) atoms. The highest BCUT2D eigenvalue weighted by Crippen LogP contribution is 2.18. The predicted molar refractivity (Wildman–Crippen MR) is 77.8 cm³/mol. The van der Waals surface area contributed by atoms with Crippen molar-refractivity contribution < 1.29 is 9.13 Å². The van der Waals surface area contributed by atoms with E-state index in [0.29, 0.717) is 12.2 Å². The van der Waals surface area contributed by atoms with Crippen LogP contribution in [0.25, 0.3) is 0 Å². The molecule has 0 heterocycles. The third kappa shape index (κ3) is 3.84. The number of nitrogens with two attached hydrogens (primary N) is 1. The molecule has 102 valence electrons. The van der Waals surface area contributed by atoms with E-state index in [1.165, 1.54) is 12.1 Å². The molecule has 0 aromatic heterocycles. The first-order valence-corrected chi connectivity index (χ1v) is 6.36. The van der Waals surface area contributed by atoms with Crippen molar-refractivity contribution in [3.63, 3.8) is 0 Å². The second-order valence-electron chi connectivity index (χ2n) is 4.41. The van der Waals surface area contributed by atoms with Crippen LogP contribution in [0.2, 0.25) is 0 Å². The Bertz CT molecular complexity index is 656. The van der Waals surface area contributed by atoms with Crippen molar-refractivity contribution in [1.82, 2.24) is 0 Å². The van der Waals surface area contributed by atoms with E-state index in [1.807, 2.05) is 37.3 Å². The van der Waals surface area contributed by atoms with Crippen LogP contribution >= 0.6 is 0 Å². The molecule has 2 nitrogen and oxygen atoms in total. The Hall–Kier alpha value is -2.31.